The molecule has 0 aromatic carbocycles. The highest BCUT2D eigenvalue weighted by Crippen LogP contribution is 2.12. The Morgan fingerprint density at radius 1 is 0.611 bits per heavy atom. The molecule has 0 aliphatic carbocycles. The van der Waals surface area contributed by atoms with Crippen LogP contribution in [0, 0.1) is 0 Å². The van der Waals surface area contributed by atoms with Gasteiger partial charge in [0.15, 0.2) is 0 Å². The van der Waals surface area contributed by atoms with Crippen molar-refractivity contribution in [2.75, 3.05) is 66.1 Å². The van der Waals surface area contributed by atoms with Gasteiger partial charge >= 0.3 is 5.97 Å². The summed E-state index contributed by atoms with van der Waals surface area (Å²) in [4.78, 5) is 74.0. The average Bonchev–Trinajstić information content (AvgIpc) is 3.35. The molecule has 2 aliphatic rings. The predicted molar refractivity (Wildman–Crippen MR) is 117 cm³/mol. The van der Waals surface area contributed by atoms with Gasteiger partial charge < -0.3 is 28.5 Å². The zero-order valence-electron chi connectivity index (χ0n) is 19.8. The van der Waals surface area contributed by atoms with Gasteiger partial charge in [-0.3, -0.25) is 24.0 Å². The molecular formula is C22H30N2O12. The number of imide groups is 4. The van der Waals surface area contributed by atoms with Crippen molar-refractivity contribution in [1.29, 1.82) is 0 Å². The molecule has 0 radical (unpaired) electrons. The first-order chi connectivity index (χ1) is 17.4. The van der Waals surface area contributed by atoms with Crippen molar-refractivity contribution in [3.63, 3.8) is 0 Å². The van der Waals surface area contributed by atoms with Crippen LogP contribution in [0.1, 0.15) is 25.7 Å². The molecule has 0 saturated carbocycles. The standard InChI is InChI=1S/C22H30N2O12/c25-17-1-2-18(26)23(17)19(27)5-7-31-9-11-33-13-15-35-16-14-34-12-10-32-8-6-22(30)36-24-20(28)3-4-21(24)29/h1-2H,3-16H2. The number of carbonyl (C=O) groups is 6. The summed E-state index contributed by atoms with van der Waals surface area (Å²) < 4.78 is 26.4. The lowest BCUT2D eigenvalue weighted by molar-refractivity contribution is -0.198. The maximum Gasteiger partial charge on any atom is 0.335 e. The van der Waals surface area contributed by atoms with Gasteiger partial charge in [0.25, 0.3) is 23.6 Å². The molecule has 2 rings (SSSR count). The Labute approximate surface area is 207 Å². The van der Waals surface area contributed by atoms with Crippen LogP contribution in [-0.4, -0.2) is 112 Å². The predicted octanol–water partition coefficient (Wildman–Crippen LogP) is -1.09. The molecule has 14 heteroatoms. The summed E-state index contributed by atoms with van der Waals surface area (Å²) in [6, 6.07) is 0. The summed E-state index contributed by atoms with van der Waals surface area (Å²) in [5, 5.41) is 0.499. The fourth-order valence-corrected chi connectivity index (χ4v) is 2.86. The van der Waals surface area contributed by atoms with E-state index in [4.69, 9.17) is 28.5 Å². The monoisotopic (exact) mass is 514 g/mol. The van der Waals surface area contributed by atoms with Crippen LogP contribution in [0.15, 0.2) is 12.2 Å². The lowest BCUT2D eigenvalue weighted by Crippen LogP contribution is -2.36. The van der Waals surface area contributed by atoms with Gasteiger partial charge in [-0.25, -0.2) is 9.69 Å². The highest BCUT2D eigenvalue weighted by atomic mass is 16.7. The second kappa shape index (κ2) is 16.6. The molecule has 5 amide bonds. The van der Waals surface area contributed by atoms with E-state index < -0.39 is 35.5 Å². The maximum atomic E-state index is 11.8. The van der Waals surface area contributed by atoms with Crippen molar-refractivity contribution in [2.24, 2.45) is 0 Å². The quantitative estimate of drug-likeness (QED) is 0.151. The number of carbonyl (C=O) groups excluding carboxylic acids is 6. The summed E-state index contributed by atoms with van der Waals surface area (Å²) in [6.45, 7) is 2.65. The Morgan fingerprint density at radius 3 is 1.44 bits per heavy atom. The zero-order chi connectivity index (χ0) is 26.2. The van der Waals surface area contributed by atoms with E-state index >= 15 is 0 Å². The highest BCUT2D eigenvalue weighted by molar-refractivity contribution is 6.22. The molecule has 36 heavy (non-hydrogen) atoms. The fourth-order valence-electron chi connectivity index (χ4n) is 2.86. The molecule has 1 fully saturated rings. The maximum absolute atomic E-state index is 11.8. The molecule has 200 valence electrons. The molecule has 0 atom stereocenters. The minimum atomic E-state index is -0.720. The number of hydrogen-bond donors (Lipinski definition) is 0. The van der Waals surface area contributed by atoms with Crippen LogP contribution >= 0.6 is 0 Å². The molecule has 0 bridgehead atoms. The number of hydroxylamine groups is 2. The van der Waals surface area contributed by atoms with Crippen LogP contribution in [0.5, 0.6) is 0 Å². The summed E-state index contributed by atoms with van der Waals surface area (Å²) in [5.41, 5.74) is 0. The molecule has 0 aromatic rings. The van der Waals surface area contributed by atoms with E-state index in [1.165, 1.54) is 0 Å². The second-order valence-electron chi connectivity index (χ2n) is 7.35. The van der Waals surface area contributed by atoms with Gasteiger partial charge in [0, 0.05) is 25.0 Å². The molecular weight excluding hydrogens is 484 g/mol. The third-order valence-electron chi connectivity index (χ3n) is 4.66. The third-order valence-corrected chi connectivity index (χ3v) is 4.66. The van der Waals surface area contributed by atoms with Crippen molar-refractivity contribution >= 4 is 35.5 Å². The van der Waals surface area contributed by atoms with Gasteiger partial charge in [0.05, 0.1) is 78.9 Å². The van der Waals surface area contributed by atoms with Gasteiger partial charge in [-0.05, 0) is 0 Å². The van der Waals surface area contributed by atoms with E-state index in [0.29, 0.717) is 49.6 Å². The number of rotatable bonds is 19. The van der Waals surface area contributed by atoms with E-state index in [9.17, 15) is 28.8 Å². The van der Waals surface area contributed by atoms with Crippen molar-refractivity contribution in [3.8, 4) is 0 Å². The van der Waals surface area contributed by atoms with E-state index in [-0.39, 0.29) is 52.1 Å². The van der Waals surface area contributed by atoms with Crippen LogP contribution in [-0.2, 0) is 57.3 Å². The van der Waals surface area contributed by atoms with E-state index in [0.717, 1.165) is 12.2 Å². The van der Waals surface area contributed by atoms with Gasteiger partial charge in [-0.15, -0.1) is 5.06 Å². The van der Waals surface area contributed by atoms with E-state index in [1.54, 1.807) is 0 Å². The number of nitrogens with zero attached hydrogens (tertiary/aromatic N) is 2. The topological polar surface area (TPSA) is 164 Å². The minimum Gasteiger partial charge on any atom is -0.379 e. The Bertz CT molecular complexity index is 794. The second-order valence-corrected chi connectivity index (χ2v) is 7.35. The van der Waals surface area contributed by atoms with E-state index in [1.807, 2.05) is 0 Å². The summed E-state index contributed by atoms with van der Waals surface area (Å²) in [7, 11) is 0. The van der Waals surface area contributed by atoms with Crippen molar-refractivity contribution in [3.05, 3.63) is 12.2 Å². The molecule has 2 aliphatic heterocycles. The Balaban J connectivity index is 1.28. The van der Waals surface area contributed by atoms with Gasteiger partial charge in [-0.2, -0.15) is 0 Å². The normalized spacial score (nSPS) is 15.4. The Morgan fingerprint density at radius 2 is 1.00 bits per heavy atom. The van der Waals surface area contributed by atoms with Crippen LogP contribution in [0.25, 0.3) is 0 Å². The van der Waals surface area contributed by atoms with Crippen LogP contribution in [0.3, 0.4) is 0 Å². The number of amides is 5. The Hall–Kier alpha value is -3.04. The summed E-state index contributed by atoms with van der Waals surface area (Å²) in [6.07, 6.45) is 2.02. The van der Waals surface area contributed by atoms with Crippen molar-refractivity contribution in [1.82, 2.24) is 9.96 Å². The molecule has 0 aromatic heterocycles. The Kier molecular flexibility index (Phi) is 13.5. The SMILES string of the molecule is O=C(CCOCCOCCOCCOCCOCCC(=O)N1C(=O)C=CC1=O)ON1C(=O)CCC1=O. The van der Waals surface area contributed by atoms with Crippen molar-refractivity contribution in [2.45, 2.75) is 25.7 Å². The third kappa shape index (κ3) is 10.7. The first-order valence-corrected chi connectivity index (χ1v) is 11.4. The molecule has 0 spiro atoms. The van der Waals surface area contributed by atoms with Crippen LogP contribution in [0.4, 0.5) is 0 Å². The lowest BCUT2D eigenvalue weighted by Gasteiger charge is -2.12. The molecule has 2 heterocycles. The van der Waals surface area contributed by atoms with Gasteiger partial charge in [0.1, 0.15) is 0 Å². The smallest absolute Gasteiger partial charge is 0.335 e. The number of ether oxygens (including phenoxy) is 5. The fraction of sp³-hybridized carbons (Fsp3) is 0.636. The lowest BCUT2D eigenvalue weighted by atomic mass is 10.4. The minimum absolute atomic E-state index is 0.0460. The summed E-state index contributed by atoms with van der Waals surface area (Å²) >= 11 is 0. The molecule has 1 saturated heterocycles. The highest BCUT2D eigenvalue weighted by Gasteiger charge is 2.32. The molecule has 14 nitrogen and oxygen atoms in total. The summed E-state index contributed by atoms with van der Waals surface area (Å²) in [5.74, 6) is -3.65. The van der Waals surface area contributed by atoms with Gasteiger partial charge in [-0.1, -0.05) is 0 Å². The zero-order valence-corrected chi connectivity index (χ0v) is 19.8. The molecule has 0 unspecified atom stereocenters. The first kappa shape index (κ1) is 29.2. The van der Waals surface area contributed by atoms with Gasteiger partial charge in [0.2, 0.25) is 5.91 Å². The average molecular weight is 514 g/mol. The van der Waals surface area contributed by atoms with Crippen LogP contribution in [0.2, 0.25) is 0 Å². The van der Waals surface area contributed by atoms with Crippen LogP contribution < -0.4 is 0 Å². The van der Waals surface area contributed by atoms with Crippen molar-refractivity contribution < 1.29 is 57.3 Å². The van der Waals surface area contributed by atoms with E-state index in [2.05, 4.69) is 0 Å². The molecule has 0 N–H and O–H groups in total. The largest absolute Gasteiger partial charge is 0.379 e. The first-order valence-electron chi connectivity index (χ1n) is 11.4. The number of hydrogen-bond acceptors (Lipinski definition) is 12.